The van der Waals surface area contributed by atoms with Crippen LogP contribution in [0, 0.1) is 5.92 Å². The van der Waals surface area contributed by atoms with Gasteiger partial charge in [0.2, 0.25) is 11.8 Å². The van der Waals surface area contributed by atoms with Crippen molar-refractivity contribution in [2.45, 2.75) is 94.5 Å². The third kappa shape index (κ3) is 4.94. The molecule has 32 heavy (non-hydrogen) atoms. The van der Waals surface area contributed by atoms with Crippen LogP contribution >= 0.6 is 0 Å². The molecule has 2 amide bonds. The highest BCUT2D eigenvalue weighted by atomic mass is 16.6. The minimum atomic E-state index is -0.471. The number of benzene rings is 1. The molecule has 2 saturated carbocycles. The molecule has 4 atom stereocenters. The van der Waals surface area contributed by atoms with Crippen molar-refractivity contribution in [1.82, 2.24) is 5.32 Å². The van der Waals surface area contributed by atoms with E-state index >= 15 is 0 Å². The molecule has 0 unspecified atom stereocenters. The van der Waals surface area contributed by atoms with Gasteiger partial charge < -0.3 is 25.2 Å². The standard InChI is InChI=1S/C25H34N2O5/c28-14-22-25-20(12-18(31-22)13-24(30)26-16-4-2-1-3-5-16)19-11-17(8-9-21(19)32-25)27-23(29)10-15-6-7-15/h8-9,11,15-16,18,20,22,25,28H,1-7,10,12-14H2,(H,26,30)(H,27,29)/t18-,20-,22+,25+/m1/s1. The number of amides is 2. The monoisotopic (exact) mass is 442 g/mol. The molecule has 2 heterocycles. The van der Waals surface area contributed by atoms with E-state index in [9.17, 15) is 14.7 Å². The zero-order chi connectivity index (χ0) is 22.1. The molecule has 1 aromatic carbocycles. The Bertz CT molecular complexity index is 849. The molecule has 0 radical (unpaired) electrons. The zero-order valence-electron chi connectivity index (χ0n) is 18.6. The van der Waals surface area contributed by atoms with E-state index < -0.39 is 6.10 Å². The van der Waals surface area contributed by atoms with E-state index in [0.29, 0.717) is 25.2 Å². The summed E-state index contributed by atoms with van der Waals surface area (Å²) in [4.78, 5) is 24.9. The average molecular weight is 443 g/mol. The van der Waals surface area contributed by atoms with Crippen LogP contribution in [0.5, 0.6) is 5.75 Å². The molecule has 0 aromatic heterocycles. The molecule has 3 fully saturated rings. The van der Waals surface area contributed by atoms with Crippen molar-refractivity contribution in [1.29, 1.82) is 0 Å². The van der Waals surface area contributed by atoms with Crippen molar-refractivity contribution in [3.8, 4) is 5.75 Å². The van der Waals surface area contributed by atoms with Gasteiger partial charge in [-0.2, -0.15) is 0 Å². The van der Waals surface area contributed by atoms with E-state index in [1.54, 1.807) is 0 Å². The van der Waals surface area contributed by atoms with E-state index in [1.165, 1.54) is 19.3 Å². The predicted molar refractivity (Wildman–Crippen MR) is 120 cm³/mol. The lowest BCUT2D eigenvalue weighted by Crippen LogP contribution is -2.48. The van der Waals surface area contributed by atoms with Gasteiger partial charge in [-0.3, -0.25) is 9.59 Å². The average Bonchev–Trinajstić information content (AvgIpc) is 3.52. The van der Waals surface area contributed by atoms with Gasteiger partial charge in [-0.25, -0.2) is 0 Å². The summed E-state index contributed by atoms with van der Waals surface area (Å²) >= 11 is 0. The van der Waals surface area contributed by atoms with E-state index in [2.05, 4.69) is 10.6 Å². The molecule has 5 rings (SSSR count). The van der Waals surface area contributed by atoms with Crippen LogP contribution in [0.1, 0.15) is 75.7 Å². The molecule has 7 nitrogen and oxygen atoms in total. The summed E-state index contributed by atoms with van der Waals surface area (Å²) in [6.07, 6.45) is 8.53. The Morgan fingerprint density at radius 3 is 2.59 bits per heavy atom. The predicted octanol–water partition coefficient (Wildman–Crippen LogP) is 3.26. The Morgan fingerprint density at radius 1 is 1.03 bits per heavy atom. The number of nitrogens with one attached hydrogen (secondary N) is 2. The van der Waals surface area contributed by atoms with Gasteiger partial charge in [0.05, 0.1) is 19.1 Å². The van der Waals surface area contributed by atoms with Crippen LogP contribution in [0.3, 0.4) is 0 Å². The first kappa shape index (κ1) is 21.7. The second kappa shape index (κ2) is 9.40. The van der Waals surface area contributed by atoms with E-state index in [-0.39, 0.29) is 42.6 Å². The number of ether oxygens (including phenoxy) is 2. The molecule has 3 N–H and O–H groups in total. The fraction of sp³-hybridized carbons (Fsp3) is 0.680. The zero-order valence-corrected chi connectivity index (χ0v) is 18.6. The molecule has 174 valence electrons. The summed E-state index contributed by atoms with van der Waals surface area (Å²) in [5.41, 5.74) is 1.80. The van der Waals surface area contributed by atoms with Crippen molar-refractivity contribution in [2.24, 2.45) is 5.92 Å². The van der Waals surface area contributed by atoms with Crippen molar-refractivity contribution in [3.05, 3.63) is 23.8 Å². The Morgan fingerprint density at radius 2 is 1.84 bits per heavy atom. The normalized spacial score (nSPS) is 29.5. The minimum Gasteiger partial charge on any atom is -0.487 e. The quantitative estimate of drug-likeness (QED) is 0.602. The summed E-state index contributed by atoms with van der Waals surface area (Å²) in [5.74, 6) is 1.43. The van der Waals surface area contributed by atoms with Crippen molar-refractivity contribution < 1.29 is 24.2 Å². The smallest absolute Gasteiger partial charge is 0.224 e. The van der Waals surface area contributed by atoms with E-state index in [4.69, 9.17) is 9.47 Å². The number of rotatable bonds is 7. The van der Waals surface area contributed by atoms with E-state index in [0.717, 1.165) is 42.7 Å². The van der Waals surface area contributed by atoms with Crippen LogP contribution in [0.2, 0.25) is 0 Å². The number of aliphatic hydroxyl groups is 1. The maximum atomic E-state index is 12.6. The van der Waals surface area contributed by atoms with Gasteiger partial charge in [0.25, 0.3) is 0 Å². The maximum Gasteiger partial charge on any atom is 0.224 e. The van der Waals surface area contributed by atoms with Crippen LogP contribution in [0.25, 0.3) is 0 Å². The van der Waals surface area contributed by atoms with E-state index in [1.807, 2.05) is 18.2 Å². The number of aliphatic hydroxyl groups excluding tert-OH is 1. The Kier molecular flexibility index (Phi) is 6.37. The fourth-order valence-electron chi connectivity index (χ4n) is 5.50. The number of carbonyl (C=O) groups is 2. The molecule has 4 aliphatic rings. The molecule has 2 aliphatic heterocycles. The highest BCUT2D eigenvalue weighted by Crippen LogP contribution is 2.47. The summed E-state index contributed by atoms with van der Waals surface area (Å²) in [6.45, 7) is -0.152. The molecule has 2 aliphatic carbocycles. The molecule has 1 aromatic rings. The van der Waals surface area contributed by atoms with Crippen LogP contribution in [-0.4, -0.2) is 47.9 Å². The molecular formula is C25H34N2O5. The van der Waals surface area contributed by atoms with Gasteiger partial charge in [-0.15, -0.1) is 0 Å². The summed E-state index contributed by atoms with van der Waals surface area (Å²) in [6, 6.07) is 6.02. The van der Waals surface area contributed by atoms with Crippen LogP contribution in [-0.2, 0) is 14.3 Å². The lowest BCUT2D eigenvalue weighted by molar-refractivity contribution is -0.142. The first-order chi connectivity index (χ1) is 15.6. The van der Waals surface area contributed by atoms with Crippen LogP contribution < -0.4 is 15.4 Å². The van der Waals surface area contributed by atoms with Gasteiger partial charge in [-0.1, -0.05) is 19.3 Å². The fourth-order valence-corrected chi connectivity index (χ4v) is 5.50. The van der Waals surface area contributed by atoms with Gasteiger partial charge in [0.15, 0.2) is 0 Å². The number of carbonyl (C=O) groups excluding carboxylic acids is 2. The second-order valence-electron chi connectivity index (χ2n) is 9.96. The van der Waals surface area contributed by atoms with Crippen LogP contribution in [0.4, 0.5) is 5.69 Å². The first-order valence-corrected chi connectivity index (χ1v) is 12.2. The summed E-state index contributed by atoms with van der Waals surface area (Å²) < 4.78 is 12.2. The third-order valence-corrected chi connectivity index (χ3v) is 7.34. The van der Waals surface area contributed by atoms with Crippen molar-refractivity contribution in [3.63, 3.8) is 0 Å². The first-order valence-electron chi connectivity index (χ1n) is 12.2. The maximum absolute atomic E-state index is 12.6. The van der Waals surface area contributed by atoms with Crippen molar-refractivity contribution in [2.75, 3.05) is 11.9 Å². The highest BCUT2D eigenvalue weighted by molar-refractivity contribution is 5.91. The number of anilines is 1. The third-order valence-electron chi connectivity index (χ3n) is 7.34. The number of hydrogen-bond acceptors (Lipinski definition) is 5. The SMILES string of the molecule is O=C(CC1CC1)Nc1ccc2c(c1)[C@H]1C[C@H](CC(=O)NC3CCCCC3)O[C@@H](CO)[C@H]1O2. The molecular weight excluding hydrogens is 408 g/mol. The molecule has 0 spiro atoms. The Balaban J connectivity index is 1.24. The number of hydrogen-bond donors (Lipinski definition) is 3. The Hall–Kier alpha value is -2.12. The van der Waals surface area contributed by atoms with Gasteiger partial charge in [0, 0.05) is 29.6 Å². The Labute approximate surface area is 189 Å². The molecule has 0 bridgehead atoms. The molecule has 1 saturated heterocycles. The van der Waals surface area contributed by atoms with Gasteiger partial charge >= 0.3 is 0 Å². The lowest BCUT2D eigenvalue weighted by Gasteiger charge is -2.37. The summed E-state index contributed by atoms with van der Waals surface area (Å²) in [7, 11) is 0. The second-order valence-corrected chi connectivity index (χ2v) is 9.96. The minimum absolute atomic E-state index is 0.0252. The van der Waals surface area contributed by atoms with Gasteiger partial charge in [0.1, 0.15) is 18.0 Å². The lowest BCUT2D eigenvalue weighted by atomic mass is 9.84. The molecule has 7 heteroatoms. The van der Waals surface area contributed by atoms with Crippen LogP contribution in [0.15, 0.2) is 18.2 Å². The highest BCUT2D eigenvalue weighted by Gasteiger charge is 2.46. The number of fused-ring (bicyclic) bond motifs is 3. The van der Waals surface area contributed by atoms with Crippen molar-refractivity contribution >= 4 is 17.5 Å². The van der Waals surface area contributed by atoms with Gasteiger partial charge in [-0.05, 0) is 56.2 Å². The largest absolute Gasteiger partial charge is 0.487 e. The topological polar surface area (TPSA) is 96.9 Å². The summed E-state index contributed by atoms with van der Waals surface area (Å²) in [5, 5.41) is 16.1.